The molecule has 31 heavy (non-hydrogen) atoms. The average molecular weight is 415 g/mol. The molecule has 1 N–H and O–H groups in total. The van der Waals surface area contributed by atoms with Gasteiger partial charge in [-0.05, 0) is 30.2 Å². The molecule has 2 aromatic carbocycles. The molecule has 0 saturated carbocycles. The van der Waals surface area contributed by atoms with Gasteiger partial charge < -0.3 is 5.32 Å². The molecule has 0 radical (unpaired) electrons. The van der Waals surface area contributed by atoms with E-state index < -0.39 is 0 Å². The monoisotopic (exact) mass is 414 g/mol. The van der Waals surface area contributed by atoms with Crippen molar-refractivity contribution in [2.45, 2.75) is 25.6 Å². The van der Waals surface area contributed by atoms with Crippen molar-refractivity contribution in [3.8, 4) is 0 Å². The fourth-order valence-electron chi connectivity index (χ4n) is 4.11. The molecule has 160 valence electrons. The highest BCUT2D eigenvalue weighted by Crippen LogP contribution is 2.22. The molecule has 0 bridgehead atoms. The minimum atomic E-state index is -0.174. The summed E-state index contributed by atoms with van der Waals surface area (Å²) in [5, 5.41) is 3.29. The zero-order chi connectivity index (χ0) is 21.5. The Balaban J connectivity index is 1.37. The van der Waals surface area contributed by atoms with Crippen molar-refractivity contribution in [2.75, 3.05) is 26.2 Å². The minimum Gasteiger partial charge on any atom is -0.344 e. The molecule has 1 amide bonds. The second-order valence-electron chi connectivity index (χ2n) is 8.07. The lowest BCUT2D eigenvalue weighted by atomic mass is 9.98. The molecule has 4 rings (SSSR count). The predicted octanol–water partition coefficient (Wildman–Crippen LogP) is 3.49. The van der Waals surface area contributed by atoms with Crippen LogP contribution in [0.3, 0.4) is 0 Å². The molecule has 0 aliphatic carbocycles. The van der Waals surface area contributed by atoms with Crippen molar-refractivity contribution in [3.63, 3.8) is 0 Å². The Morgan fingerprint density at radius 2 is 1.45 bits per heavy atom. The standard InChI is InChI=1S/C26H30N4O/c1-21(30-18-16-29(17-19-30)20-24-14-8-9-15-27-24)26(31)28-25(22-10-4-2-5-11-22)23-12-6-3-7-13-23/h2-15,21,25H,16-20H2,1H3,(H,28,31). The number of hydrogen-bond donors (Lipinski definition) is 1. The number of amides is 1. The van der Waals surface area contributed by atoms with Gasteiger partial charge >= 0.3 is 0 Å². The van der Waals surface area contributed by atoms with Crippen LogP contribution >= 0.6 is 0 Å². The lowest BCUT2D eigenvalue weighted by molar-refractivity contribution is -0.127. The number of carbonyl (C=O) groups is 1. The summed E-state index contributed by atoms with van der Waals surface area (Å²) in [6.07, 6.45) is 1.84. The van der Waals surface area contributed by atoms with E-state index in [-0.39, 0.29) is 18.0 Å². The van der Waals surface area contributed by atoms with Gasteiger partial charge in [-0.25, -0.2) is 0 Å². The van der Waals surface area contributed by atoms with E-state index in [0.717, 1.165) is 49.5 Å². The van der Waals surface area contributed by atoms with E-state index in [1.807, 2.05) is 61.7 Å². The molecule has 1 saturated heterocycles. The van der Waals surface area contributed by atoms with Crippen molar-refractivity contribution < 1.29 is 4.79 Å². The van der Waals surface area contributed by atoms with Crippen LogP contribution in [0.4, 0.5) is 0 Å². The Labute approximate surface area is 184 Å². The predicted molar refractivity (Wildman–Crippen MR) is 123 cm³/mol. The summed E-state index contributed by atoms with van der Waals surface area (Å²) >= 11 is 0. The van der Waals surface area contributed by atoms with Crippen molar-refractivity contribution in [3.05, 3.63) is 102 Å². The molecule has 1 aromatic heterocycles. The molecular formula is C26H30N4O. The van der Waals surface area contributed by atoms with Gasteiger partial charge in [0.15, 0.2) is 0 Å². The van der Waals surface area contributed by atoms with Crippen LogP contribution in [0, 0.1) is 0 Å². The molecule has 1 unspecified atom stereocenters. The molecule has 1 atom stereocenters. The number of piperazine rings is 1. The first kappa shape index (κ1) is 21.2. The first-order valence-electron chi connectivity index (χ1n) is 11.0. The highest BCUT2D eigenvalue weighted by Gasteiger charge is 2.27. The highest BCUT2D eigenvalue weighted by atomic mass is 16.2. The van der Waals surface area contributed by atoms with Crippen LogP contribution in [0.1, 0.15) is 29.8 Å². The van der Waals surface area contributed by atoms with E-state index in [4.69, 9.17) is 0 Å². The molecule has 0 spiro atoms. The van der Waals surface area contributed by atoms with E-state index in [9.17, 15) is 4.79 Å². The Morgan fingerprint density at radius 1 is 0.871 bits per heavy atom. The van der Waals surface area contributed by atoms with Crippen LogP contribution < -0.4 is 5.32 Å². The van der Waals surface area contributed by atoms with Crippen LogP contribution in [0.15, 0.2) is 85.1 Å². The zero-order valence-electron chi connectivity index (χ0n) is 18.0. The lowest BCUT2D eigenvalue weighted by Crippen LogP contribution is -2.54. The number of nitrogens with one attached hydrogen (secondary N) is 1. The third kappa shape index (κ3) is 5.57. The van der Waals surface area contributed by atoms with E-state index in [0.29, 0.717) is 0 Å². The summed E-state index contributed by atoms with van der Waals surface area (Å²) in [6, 6.07) is 26.1. The molecule has 1 fully saturated rings. The number of rotatable bonds is 7. The Morgan fingerprint density at radius 3 is 2.00 bits per heavy atom. The van der Waals surface area contributed by atoms with E-state index >= 15 is 0 Å². The number of aromatic nitrogens is 1. The van der Waals surface area contributed by atoms with Gasteiger partial charge in [0.25, 0.3) is 0 Å². The molecule has 1 aliphatic heterocycles. The van der Waals surface area contributed by atoms with E-state index in [2.05, 4.69) is 50.4 Å². The van der Waals surface area contributed by atoms with E-state index in [1.54, 1.807) is 0 Å². The average Bonchev–Trinajstić information content (AvgIpc) is 2.84. The first-order chi connectivity index (χ1) is 15.2. The SMILES string of the molecule is CC(C(=O)NC(c1ccccc1)c1ccccc1)N1CCN(Cc2ccccn2)CC1. The first-order valence-corrected chi connectivity index (χ1v) is 11.0. The van der Waals surface area contributed by atoms with Crippen LogP contribution in [0.2, 0.25) is 0 Å². The fourth-order valence-corrected chi connectivity index (χ4v) is 4.11. The summed E-state index contributed by atoms with van der Waals surface area (Å²) in [5.74, 6) is 0.0656. The van der Waals surface area contributed by atoms with Gasteiger partial charge in [0.1, 0.15) is 0 Å². The number of carbonyl (C=O) groups excluding carboxylic acids is 1. The fraction of sp³-hybridized carbons (Fsp3) is 0.308. The summed E-state index contributed by atoms with van der Waals surface area (Å²) < 4.78 is 0. The maximum atomic E-state index is 13.2. The van der Waals surface area contributed by atoms with Crippen LogP contribution in [-0.4, -0.2) is 52.9 Å². The number of nitrogens with zero attached hydrogens (tertiary/aromatic N) is 3. The maximum Gasteiger partial charge on any atom is 0.237 e. The Hall–Kier alpha value is -3.02. The Kier molecular flexibility index (Phi) is 7.07. The molecule has 5 heteroatoms. The smallest absolute Gasteiger partial charge is 0.237 e. The largest absolute Gasteiger partial charge is 0.344 e. The third-order valence-corrected chi connectivity index (χ3v) is 6.00. The second-order valence-corrected chi connectivity index (χ2v) is 8.07. The van der Waals surface area contributed by atoms with Gasteiger partial charge in [-0.2, -0.15) is 0 Å². The number of benzene rings is 2. The maximum absolute atomic E-state index is 13.2. The summed E-state index contributed by atoms with van der Waals surface area (Å²) in [5.41, 5.74) is 3.28. The summed E-state index contributed by atoms with van der Waals surface area (Å²) in [6.45, 7) is 6.51. The zero-order valence-corrected chi connectivity index (χ0v) is 18.0. The van der Waals surface area contributed by atoms with Crippen molar-refractivity contribution >= 4 is 5.91 Å². The molecular weight excluding hydrogens is 384 g/mol. The number of pyridine rings is 1. The third-order valence-electron chi connectivity index (χ3n) is 6.00. The van der Waals surface area contributed by atoms with Gasteiger partial charge in [0.05, 0.1) is 17.8 Å². The van der Waals surface area contributed by atoms with Crippen LogP contribution in [0.5, 0.6) is 0 Å². The molecule has 3 aromatic rings. The van der Waals surface area contributed by atoms with Gasteiger partial charge in [-0.1, -0.05) is 66.7 Å². The highest BCUT2D eigenvalue weighted by molar-refractivity contribution is 5.82. The van der Waals surface area contributed by atoms with E-state index in [1.165, 1.54) is 0 Å². The molecule has 2 heterocycles. The lowest BCUT2D eigenvalue weighted by Gasteiger charge is -2.37. The quantitative estimate of drug-likeness (QED) is 0.643. The van der Waals surface area contributed by atoms with Crippen LogP contribution in [-0.2, 0) is 11.3 Å². The van der Waals surface area contributed by atoms with Crippen molar-refractivity contribution in [1.82, 2.24) is 20.1 Å². The summed E-state index contributed by atoms with van der Waals surface area (Å²) in [7, 11) is 0. The Bertz CT molecular complexity index is 901. The van der Waals surface area contributed by atoms with Gasteiger partial charge in [-0.3, -0.25) is 19.6 Å². The van der Waals surface area contributed by atoms with Gasteiger partial charge in [0.2, 0.25) is 5.91 Å². The minimum absolute atomic E-state index is 0.0656. The molecule has 5 nitrogen and oxygen atoms in total. The summed E-state index contributed by atoms with van der Waals surface area (Å²) in [4.78, 5) is 22.3. The van der Waals surface area contributed by atoms with Gasteiger partial charge in [-0.15, -0.1) is 0 Å². The van der Waals surface area contributed by atoms with Crippen LogP contribution in [0.25, 0.3) is 0 Å². The van der Waals surface area contributed by atoms with Crippen molar-refractivity contribution in [1.29, 1.82) is 0 Å². The van der Waals surface area contributed by atoms with Gasteiger partial charge in [0, 0.05) is 38.9 Å². The second kappa shape index (κ2) is 10.3. The topological polar surface area (TPSA) is 48.5 Å². The number of hydrogen-bond acceptors (Lipinski definition) is 4. The van der Waals surface area contributed by atoms with Crippen molar-refractivity contribution in [2.24, 2.45) is 0 Å². The normalized spacial score (nSPS) is 16.2. The molecule has 1 aliphatic rings.